The van der Waals surface area contributed by atoms with Crippen molar-refractivity contribution in [1.29, 1.82) is 0 Å². The fourth-order valence-electron chi connectivity index (χ4n) is 2.17. The van der Waals surface area contributed by atoms with Crippen LogP contribution in [-0.2, 0) is 9.53 Å². The van der Waals surface area contributed by atoms with Crippen LogP contribution in [0.25, 0.3) is 0 Å². The molecule has 0 aromatic heterocycles. The van der Waals surface area contributed by atoms with Gasteiger partial charge >= 0.3 is 0 Å². The van der Waals surface area contributed by atoms with Crippen molar-refractivity contribution in [2.75, 3.05) is 7.11 Å². The van der Waals surface area contributed by atoms with Gasteiger partial charge in [-0.05, 0) is 5.92 Å². The molecule has 110 valence electrons. The van der Waals surface area contributed by atoms with Crippen molar-refractivity contribution < 1.29 is 14.3 Å². The van der Waals surface area contributed by atoms with Gasteiger partial charge in [-0.25, -0.2) is 0 Å². The minimum atomic E-state index is -0.539. The van der Waals surface area contributed by atoms with Gasteiger partial charge in [0.25, 0.3) is 0 Å². The molecule has 0 saturated heterocycles. The smallest absolute Gasteiger partial charge is 0.167 e. The summed E-state index contributed by atoms with van der Waals surface area (Å²) in [4.78, 5) is 24.5. The largest absolute Gasteiger partial charge is 0.373 e. The molecule has 1 aromatic rings. The summed E-state index contributed by atoms with van der Waals surface area (Å²) in [7, 11) is 1.53. The van der Waals surface area contributed by atoms with Gasteiger partial charge in [-0.15, -0.1) is 0 Å². The SMILES string of the molecule is CO[C@H](C(=O)C(C)(C)C)[C@@H](C)CC(=O)c1ccccc1. The number of ether oxygens (including phenoxy) is 1. The quantitative estimate of drug-likeness (QED) is 0.747. The van der Waals surface area contributed by atoms with Crippen LogP contribution in [0.5, 0.6) is 0 Å². The predicted molar refractivity (Wildman–Crippen MR) is 79.8 cm³/mol. The Morgan fingerprint density at radius 3 is 2.15 bits per heavy atom. The normalized spacial score (nSPS) is 14.7. The van der Waals surface area contributed by atoms with E-state index in [2.05, 4.69) is 0 Å². The van der Waals surface area contributed by atoms with Crippen LogP contribution in [0.4, 0.5) is 0 Å². The Labute approximate surface area is 121 Å². The maximum Gasteiger partial charge on any atom is 0.167 e. The van der Waals surface area contributed by atoms with E-state index >= 15 is 0 Å². The summed E-state index contributed by atoms with van der Waals surface area (Å²) < 4.78 is 5.34. The van der Waals surface area contributed by atoms with Gasteiger partial charge in [-0.1, -0.05) is 58.0 Å². The topological polar surface area (TPSA) is 43.4 Å². The third-order valence-electron chi connectivity index (χ3n) is 3.37. The van der Waals surface area contributed by atoms with Crippen LogP contribution in [0, 0.1) is 11.3 Å². The summed E-state index contributed by atoms with van der Waals surface area (Å²) >= 11 is 0. The van der Waals surface area contributed by atoms with Crippen LogP contribution < -0.4 is 0 Å². The highest BCUT2D eigenvalue weighted by Gasteiger charge is 2.34. The van der Waals surface area contributed by atoms with Crippen molar-refractivity contribution in [3.05, 3.63) is 35.9 Å². The predicted octanol–water partition coefficient (Wildman–Crippen LogP) is 3.53. The molecule has 0 saturated carbocycles. The molecule has 0 aliphatic carbocycles. The Bertz CT molecular complexity index is 457. The molecule has 0 aliphatic rings. The summed E-state index contributed by atoms with van der Waals surface area (Å²) in [6, 6.07) is 9.14. The van der Waals surface area contributed by atoms with Crippen molar-refractivity contribution >= 4 is 11.6 Å². The minimum Gasteiger partial charge on any atom is -0.373 e. The van der Waals surface area contributed by atoms with E-state index in [4.69, 9.17) is 4.74 Å². The average molecular weight is 276 g/mol. The lowest BCUT2D eigenvalue weighted by Gasteiger charge is -2.27. The van der Waals surface area contributed by atoms with E-state index in [1.54, 1.807) is 12.1 Å². The molecule has 1 rings (SSSR count). The number of hydrogen-bond acceptors (Lipinski definition) is 3. The van der Waals surface area contributed by atoms with Crippen molar-refractivity contribution in [2.24, 2.45) is 11.3 Å². The number of rotatable bonds is 6. The van der Waals surface area contributed by atoms with Crippen LogP contribution in [0.1, 0.15) is 44.5 Å². The first-order valence-electron chi connectivity index (χ1n) is 6.92. The second-order valence-corrected chi connectivity index (χ2v) is 6.24. The van der Waals surface area contributed by atoms with E-state index in [1.807, 2.05) is 45.9 Å². The fourth-order valence-corrected chi connectivity index (χ4v) is 2.17. The van der Waals surface area contributed by atoms with Gasteiger partial charge in [0.05, 0.1) is 0 Å². The molecular formula is C17H24O3. The first-order chi connectivity index (χ1) is 9.27. The zero-order valence-electron chi connectivity index (χ0n) is 13.0. The van der Waals surface area contributed by atoms with Crippen molar-refractivity contribution in [1.82, 2.24) is 0 Å². The molecule has 0 radical (unpaired) electrons. The van der Waals surface area contributed by atoms with Crippen LogP contribution in [0.3, 0.4) is 0 Å². The van der Waals surface area contributed by atoms with Gasteiger partial charge in [-0.2, -0.15) is 0 Å². The molecule has 0 N–H and O–H groups in total. The molecule has 0 bridgehead atoms. The molecule has 0 unspecified atom stereocenters. The van der Waals surface area contributed by atoms with Crippen LogP contribution in [0.15, 0.2) is 30.3 Å². The maximum absolute atomic E-state index is 12.3. The van der Waals surface area contributed by atoms with E-state index in [9.17, 15) is 9.59 Å². The molecule has 3 heteroatoms. The monoisotopic (exact) mass is 276 g/mol. The summed E-state index contributed by atoms with van der Waals surface area (Å²) in [5.74, 6) is -0.0605. The van der Waals surface area contributed by atoms with Gasteiger partial charge in [-0.3, -0.25) is 9.59 Å². The van der Waals surface area contributed by atoms with Crippen LogP contribution in [0.2, 0.25) is 0 Å². The van der Waals surface area contributed by atoms with Crippen LogP contribution >= 0.6 is 0 Å². The summed E-state index contributed by atoms with van der Waals surface area (Å²) in [5, 5.41) is 0. The Kier molecular flexibility index (Phi) is 5.63. The third-order valence-corrected chi connectivity index (χ3v) is 3.37. The molecule has 0 amide bonds. The zero-order chi connectivity index (χ0) is 15.3. The molecule has 20 heavy (non-hydrogen) atoms. The van der Waals surface area contributed by atoms with E-state index in [1.165, 1.54) is 7.11 Å². The number of Topliss-reactive ketones (excluding diaryl/α,β-unsaturated/α-hetero) is 2. The van der Waals surface area contributed by atoms with Gasteiger partial charge in [0, 0.05) is 24.5 Å². The van der Waals surface area contributed by atoms with Gasteiger partial charge in [0.2, 0.25) is 0 Å². The van der Waals surface area contributed by atoms with E-state index in [0.717, 1.165) is 0 Å². The zero-order valence-corrected chi connectivity index (χ0v) is 13.0. The molecule has 0 fully saturated rings. The number of carbonyl (C=O) groups is 2. The average Bonchev–Trinajstić information content (AvgIpc) is 2.39. The summed E-state index contributed by atoms with van der Waals surface area (Å²) in [5.41, 5.74) is 0.211. The standard InChI is InChI=1S/C17H24O3/c1-12(15(20-5)16(19)17(2,3)4)11-14(18)13-9-7-6-8-10-13/h6-10,12,15H,11H2,1-5H3/t12-,15-/m0/s1. The van der Waals surface area contributed by atoms with E-state index < -0.39 is 11.5 Å². The van der Waals surface area contributed by atoms with E-state index in [-0.39, 0.29) is 17.5 Å². The Balaban J connectivity index is 2.76. The van der Waals surface area contributed by atoms with Crippen LogP contribution in [-0.4, -0.2) is 24.8 Å². The highest BCUT2D eigenvalue weighted by molar-refractivity contribution is 5.97. The van der Waals surface area contributed by atoms with E-state index in [0.29, 0.717) is 12.0 Å². The highest BCUT2D eigenvalue weighted by atomic mass is 16.5. The minimum absolute atomic E-state index is 0.0355. The second kappa shape index (κ2) is 6.80. The van der Waals surface area contributed by atoms with Gasteiger partial charge in [0.15, 0.2) is 11.6 Å². The molecular weight excluding hydrogens is 252 g/mol. The third kappa shape index (κ3) is 4.27. The van der Waals surface area contributed by atoms with Gasteiger partial charge in [0.1, 0.15) is 6.10 Å². The van der Waals surface area contributed by atoms with Crippen molar-refractivity contribution in [3.63, 3.8) is 0 Å². The summed E-state index contributed by atoms with van der Waals surface area (Å²) in [6.07, 6.45) is -0.229. The molecule has 0 heterocycles. The van der Waals surface area contributed by atoms with Crippen molar-refractivity contribution in [3.8, 4) is 0 Å². The maximum atomic E-state index is 12.3. The second-order valence-electron chi connectivity index (χ2n) is 6.24. The first kappa shape index (κ1) is 16.6. The Hall–Kier alpha value is -1.48. The fraction of sp³-hybridized carbons (Fsp3) is 0.529. The number of carbonyl (C=O) groups excluding carboxylic acids is 2. The molecule has 1 aromatic carbocycles. The Morgan fingerprint density at radius 2 is 1.70 bits per heavy atom. The number of benzene rings is 1. The number of hydrogen-bond donors (Lipinski definition) is 0. The molecule has 2 atom stereocenters. The first-order valence-corrected chi connectivity index (χ1v) is 6.92. The van der Waals surface area contributed by atoms with Gasteiger partial charge < -0.3 is 4.74 Å². The lowest BCUT2D eigenvalue weighted by molar-refractivity contribution is -0.139. The molecule has 3 nitrogen and oxygen atoms in total. The lowest BCUT2D eigenvalue weighted by Crippen LogP contribution is -2.39. The van der Waals surface area contributed by atoms with Crippen molar-refractivity contribution in [2.45, 2.75) is 40.2 Å². The summed E-state index contributed by atoms with van der Waals surface area (Å²) in [6.45, 7) is 7.49. The molecule has 0 aliphatic heterocycles. The lowest BCUT2D eigenvalue weighted by atomic mass is 9.81. The molecule has 0 spiro atoms. The Morgan fingerprint density at radius 1 is 1.15 bits per heavy atom. The highest BCUT2D eigenvalue weighted by Crippen LogP contribution is 2.24. The number of ketones is 2. The number of methoxy groups -OCH3 is 1.